The summed E-state index contributed by atoms with van der Waals surface area (Å²) < 4.78 is 5.21. The molecule has 0 atom stereocenters. The highest BCUT2D eigenvalue weighted by Gasteiger charge is 2.51. The lowest BCUT2D eigenvalue weighted by Gasteiger charge is -2.16. The van der Waals surface area contributed by atoms with Crippen LogP contribution in [-0.4, -0.2) is 23.0 Å². The Morgan fingerprint density at radius 3 is 2.33 bits per heavy atom. The van der Waals surface area contributed by atoms with Crippen LogP contribution >= 0.6 is 0 Å². The predicted octanol–water partition coefficient (Wildman–Crippen LogP) is 4.23. The minimum atomic E-state index is -0.463. The summed E-state index contributed by atoms with van der Waals surface area (Å²) in [6, 6.07) is 11.6. The van der Waals surface area contributed by atoms with Crippen LogP contribution in [0.15, 0.2) is 36.4 Å². The van der Waals surface area contributed by atoms with Crippen molar-refractivity contribution in [3.8, 4) is 5.75 Å². The third kappa shape index (κ3) is 2.93. The zero-order valence-electron chi connectivity index (χ0n) is 16.1. The van der Waals surface area contributed by atoms with Gasteiger partial charge in [-0.2, -0.15) is 0 Å². The van der Waals surface area contributed by atoms with Gasteiger partial charge in [0, 0.05) is 11.1 Å². The smallest absolute Gasteiger partial charge is 0.236 e. The largest absolute Gasteiger partial charge is 0.497 e. The summed E-state index contributed by atoms with van der Waals surface area (Å²) in [4.78, 5) is 22.1. The molecule has 0 bridgehead atoms. The number of rotatable bonds is 4. The highest BCUT2D eigenvalue weighted by molar-refractivity contribution is 6.01. The van der Waals surface area contributed by atoms with E-state index >= 15 is 0 Å². The third-order valence-corrected chi connectivity index (χ3v) is 5.73. The van der Waals surface area contributed by atoms with Gasteiger partial charge in [0.1, 0.15) is 11.6 Å². The first kappa shape index (κ1) is 17.5. The van der Waals surface area contributed by atoms with Crippen LogP contribution in [0.2, 0.25) is 0 Å². The molecule has 0 unspecified atom stereocenters. The van der Waals surface area contributed by atoms with E-state index in [2.05, 4.69) is 29.1 Å². The molecule has 1 aliphatic rings. The van der Waals surface area contributed by atoms with E-state index in [-0.39, 0.29) is 5.91 Å². The molecule has 0 aliphatic heterocycles. The second-order valence-electron chi connectivity index (χ2n) is 7.28. The second kappa shape index (κ2) is 6.34. The number of amides is 1. The van der Waals surface area contributed by atoms with Gasteiger partial charge in [-0.1, -0.05) is 12.1 Å². The van der Waals surface area contributed by atoms with E-state index in [1.54, 1.807) is 7.11 Å². The van der Waals surface area contributed by atoms with Crippen molar-refractivity contribution in [2.45, 2.75) is 39.0 Å². The zero-order valence-corrected chi connectivity index (χ0v) is 16.1. The summed E-state index contributed by atoms with van der Waals surface area (Å²) in [7, 11) is 1.64. The summed E-state index contributed by atoms with van der Waals surface area (Å²) in [6.45, 7) is 6.13. The monoisotopic (exact) mass is 361 g/mol. The summed E-state index contributed by atoms with van der Waals surface area (Å²) in [5.41, 5.74) is 4.55. The van der Waals surface area contributed by atoms with E-state index in [4.69, 9.17) is 4.74 Å². The first-order valence-corrected chi connectivity index (χ1v) is 9.15. The Bertz CT molecular complexity index is 1040. The minimum Gasteiger partial charge on any atom is -0.497 e. The number of nitrogens with zero attached hydrogens (tertiary/aromatic N) is 2. The van der Waals surface area contributed by atoms with E-state index in [9.17, 15) is 4.79 Å². The minimum absolute atomic E-state index is 0.0138. The molecule has 27 heavy (non-hydrogen) atoms. The molecule has 4 rings (SSSR count). The molecule has 2 aromatic heterocycles. The first-order valence-electron chi connectivity index (χ1n) is 9.15. The number of methoxy groups -OCH3 is 1. The molecule has 3 aromatic rings. The molecule has 1 saturated carbocycles. The number of benzene rings is 1. The lowest BCUT2D eigenvalue weighted by molar-refractivity contribution is -0.118. The van der Waals surface area contributed by atoms with E-state index in [1.165, 1.54) is 11.1 Å². The number of carbonyl (C=O) groups excluding carboxylic acids is 1. The van der Waals surface area contributed by atoms with E-state index in [1.807, 2.05) is 43.3 Å². The molecule has 1 amide bonds. The van der Waals surface area contributed by atoms with E-state index in [0.717, 1.165) is 35.2 Å². The molecule has 1 N–H and O–H groups in total. The van der Waals surface area contributed by atoms with Gasteiger partial charge in [0.25, 0.3) is 0 Å². The van der Waals surface area contributed by atoms with Crippen LogP contribution < -0.4 is 10.1 Å². The Morgan fingerprint density at radius 2 is 1.70 bits per heavy atom. The van der Waals surface area contributed by atoms with Crippen molar-refractivity contribution in [3.63, 3.8) is 0 Å². The van der Waals surface area contributed by atoms with Crippen molar-refractivity contribution < 1.29 is 9.53 Å². The molecule has 1 fully saturated rings. The number of fused-ring (bicyclic) bond motifs is 1. The molecule has 0 saturated heterocycles. The number of nitrogens with one attached hydrogen (secondary N) is 1. The SMILES string of the molecule is COc1ccc(C2(C(=O)Nc3ccc4c(C)c(C)c(C)nc4n3)CC2)cc1. The maximum Gasteiger partial charge on any atom is 0.236 e. The van der Waals surface area contributed by atoms with Crippen LogP contribution in [0.1, 0.15) is 35.2 Å². The van der Waals surface area contributed by atoms with Gasteiger partial charge >= 0.3 is 0 Å². The molecule has 138 valence electrons. The number of anilines is 1. The summed E-state index contributed by atoms with van der Waals surface area (Å²) in [5, 5.41) is 4.02. The van der Waals surface area contributed by atoms with Gasteiger partial charge in [0.05, 0.1) is 12.5 Å². The van der Waals surface area contributed by atoms with Gasteiger partial charge in [-0.15, -0.1) is 0 Å². The second-order valence-corrected chi connectivity index (χ2v) is 7.28. The van der Waals surface area contributed by atoms with Crippen molar-refractivity contribution in [3.05, 3.63) is 58.8 Å². The van der Waals surface area contributed by atoms with Gasteiger partial charge in [-0.05, 0) is 74.6 Å². The molecule has 2 heterocycles. The summed E-state index contributed by atoms with van der Waals surface area (Å²) in [5.74, 6) is 1.32. The number of pyridine rings is 2. The zero-order chi connectivity index (χ0) is 19.2. The van der Waals surface area contributed by atoms with Gasteiger partial charge in [-0.25, -0.2) is 9.97 Å². The fourth-order valence-corrected chi connectivity index (χ4v) is 3.53. The molecule has 5 nitrogen and oxygen atoms in total. The lowest BCUT2D eigenvalue weighted by atomic mass is 9.95. The standard InChI is InChI=1S/C22H23N3O2/c1-13-14(2)18-9-10-19(24-20(18)23-15(13)3)25-21(26)22(11-12-22)16-5-7-17(27-4)8-6-16/h5-10H,11-12H2,1-4H3,(H,23,24,25,26). The molecule has 1 aromatic carbocycles. The lowest BCUT2D eigenvalue weighted by Crippen LogP contribution is -2.28. The topological polar surface area (TPSA) is 64.1 Å². The molecule has 0 radical (unpaired) electrons. The van der Waals surface area contributed by atoms with Crippen molar-refractivity contribution in [1.82, 2.24) is 9.97 Å². The third-order valence-electron chi connectivity index (χ3n) is 5.73. The molecule has 5 heteroatoms. The molecular weight excluding hydrogens is 338 g/mol. The molecule has 0 spiro atoms. The summed E-state index contributed by atoms with van der Waals surface area (Å²) in [6.07, 6.45) is 1.68. The number of hydrogen-bond acceptors (Lipinski definition) is 4. The number of aromatic nitrogens is 2. The van der Waals surface area contributed by atoms with E-state index < -0.39 is 5.41 Å². The molecule has 1 aliphatic carbocycles. The van der Waals surface area contributed by atoms with Crippen LogP contribution in [0.25, 0.3) is 11.0 Å². The summed E-state index contributed by atoms with van der Waals surface area (Å²) >= 11 is 0. The average Bonchev–Trinajstić information content (AvgIpc) is 3.48. The van der Waals surface area contributed by atoms with Crippen molar-refractivity contribution in [1.29, 1.82) is 0 Å². The number of hydrogen-bond donors (Lipinski definition) is 1. The molecular formula is C22H23N3O2. The predicted molar refractivity (Wildman–Crippen MR) is 106 cm³/mol. The highest BCUT2D eigenvalue weighted by atomic mass is 16.5. The normalized spacial score (nSPS) is 14.8. The van der Waals surface area contributed by atoms with Crippen LogP contribution in [-0.2, 0) is 10.2 Å². The first-order chi connectivity index (χ1) is 12.9. The van der Waals surface area contributed by atoms with Crippen molar-refractivity contribution in [2.75, 3.05) is 12.4 Å². The van der Waals surface area contributed by atoms with Crippen molar-refractivity contribution >= 4 is 22.8 Å². The number of ether oxygens (including phenoxy) is 1. The number of aryl methyl sites for hydroxylation is 2. The van der Waals surface area contributed by atoms with E-state index in [0.29, 0.717) is 11.5 Å². The Morgan fingerprint density at radius 1 is 1.00 bits per heavy atom. The highest BCUT2D eigenvalue weighted by Crippen LogP contribution is 2.49. The maximum atomic E-state index is 13.0. The average molecular weight is 361 g/mol. The van der Waals surface area contributed by atoms with Gasteiger partial charge in [0.2, 0.25) is 5.91 Å². The Kier molecular flexibility index (Phi) is 4.10. The number of carbonyl (C=O) groups is 1. The van der Waals surface area contributed by atoms with Crippen LogP contribution in [0.5, 0.6) is 5.75 Å². The van der Waals surface area contributed by atoms with Gasteiger partial charge in [0.15, 0.2) is 5.65 Å². The quantitative estimate of drug-likeness (QED) is 0.755. The Labute approximate surface area is 158 Å². The van der Waals surface area contributed by atoms with Crippen LogP contribution in [0, 0.1) is 20.8 Å². The Hall–Kier alpha value is -2.95. The van der Waals surface area contributed by atoms with Crippen molar-refractivity contribution in [2.24, 2.45) is 0 Å². The van der Waals surface area contributed by atoms with Gasteiger partial charge < -0.3 is 10.1 Å². The Balaban J connectivity index is 1.61. The van der Waals surface area contributed by atoms with Crippen LogP contribution in [0.4, 0.5) is 5.82 Å². The fourth-order valence-electron chi connectivity index (χ4n) is 3.53. The van der Waals surface area contributed by atoms with Gasteiger partial charge in [-0.3, -0.25) is 4.79 Å². The fraction of sp³-hybridized carbons (Fsp3) is 0.318. The maximum absolute atomic E-state index is 13.0. The van der Waals surface area contributed by atoms with Crippen LogP contribution in [0.3, 0.4) is 0 Å².